The fourth-order valence-corrected chi connectivity index (χ4v) is 2.79. The molecular formula is C16H14BrClO4. The summed E-state index contributed by atoms with van der Waals surface area (Å²) in [5.41, 5.74) is 0.761. The predicted molar refractivity (Wildman–Crippen MR) is 88.0 cm³/mol. The molecule has 0 bridgehead atoms. The van der Waals surface area contributed by atoms with Crippen LogP contribution in [0.4, 0.5) is 0 Å². The summed E-state index contributed by atoms with van der Waals surface area (Å²) < 4.78 is 16.5. The molecule has 2 aromatic carbocycles. The zero-order chi connectivity index (χ0) is 16.1. The summed E-state index contributed by atoms with van der Waals surface area (Å²) in [6.45, 7) is 1.60. The van der Waals surface area contributed by atoms with Gasteiger partial charge in [0.15, 0.2) is 12.4 Å². The Morgan fingerprint density at radius 2 is 1.82 bits per heavy atom. The van der Waals surface area contributed by atoms with Crippen molar-refractivity contribution in [3.63, 3.8) is 0 Å². The molecule has 0 heterocycles. The minimum atomic E-state index is -0.525. The van der Waals surface area contributed by atoms with Gasteiger partial charge in [-0.15, -0.1) is 0 Å². The van der Waals surface area contributed by atoms with Crippen molar-refractivity contribution >= 4 is 33.5 Å². The van der Waals surface area contributed by atoms with E-state index in [-0.39, 0.29) is 6.61 Å². The van der Waals surface area contributed by atoms with Gasteiger partial charge in [-0.2, -0.15) is 0 Å². The van der Waals surface area contributed by atoms with Crippen molar-refractivity contribution in [1.29, 1.82) is 0 Å². The van der Waals surface area contributed by atoms with Gasteiger partial charge < -0.3 is 14.2 Å². The van der Waals surface area contributed by atoms with Crippen molar-refractivity contribution in [1.82, 2.24) is 0 Å². The molecule has 6 heteroatoms. The first-order valence-electron chi connectivity index (χ1n) is 6.43. The van der Waals surface area contributed by atoms with Crippen LogP contribution >= 0.6 is 27.5 Å². The van der Waals surface area contributed by atoms with Gasteiger partial charge in [-0.1, -0.05) is 27.5 Å². The molecule has 2 aromatic rings. The highest BCUT2D eigenvalue weighted by Crippen LogP contribution is 2.32. The highest BCUT2D eigenvalue weighted by molar-refractivity contribution is 9.10. The number of aryl methyl sites for hydroxylation is 1. The predicted octanol–water partition coefficient (Wildman–Crippen LogP) is 4.40. The van der Waals surface area contributed by atoms with Crippen molar-refractivity contribution in [3.05, 3.63) is 51.5 Å². The summed E-state index contributed by atoms with van der Waals surface area (Å²) in [5, 5.41) is 0.365. The molecule has 2 rings (SSSR count). The fourth-order valence-electron chi connectivity index (χ4n) is 1.78. The first kappa shape index (κ1) is 16.6. The smallest absolute Gasteiger partial charge is 0.349 e. The van der Waals surface area contributed by atoms with E-state index in [9.17, 15) is 4.79 Å². The third-order valence-electron chi connectivity index (χ3n) is 2.83. The van der Waals surface area contributed by atoms with Crippen molar-refractivity contribution in [2.24, 2.45) is 0 Å². The van der Waals surface area contributed by atoms with E-state index in [0.717, 1.165) is 10.0 Å². The lowest BCUT2D eigenvalue weighted by Crippen LogP contribution is -2.18. The second kappa shape index (κ2) is 7.51. The molecule has 0 aliphatic heterocycles. The number of carbonyl (C=O) groups is 1. The van der Waals surface area contributed by atoms with Crippen LogP contribution < -0.4 is 14.2 Å². The van der Waals surface area contributed by atoms with Crippen LogP contribution in [-0.2, 0) is 4.79 Å². The van der Waals surface area contributed by atoms with Gasteiger partial charge in [0.1, 0.15) is 11.5 Å². The third-order valence-corrected chi connectivity index (χ3v) is 3.56. The Kier molecular flexibility index (Phi) is 5.69. The summed E-state index contributed by atoms with van der Waals surface area (Å²) in [6.07, 6.45) is 0. The molecule has 0 aromatic heterocycles. The van der Waals surface area contributed by atoms with E-state index >= 15 is 0 Å². The van der Waals surface area contributed by atoms with Gasteiger partial charge in [0, 0.05) is 4.47 Å². The molecule has 22 heavy (non-hydrogen) atoms. The number of carbonyl (C=O) groups excluding carboxylic acids is 1. The van der Waals surface area contributed by atoms with Crippen LogP contribution in [-0.4, -0.2) is 19.7 Å². The summed E-state index contributed by atoms with van der Waals surface area (Å²) in [6, 6.07) is 10.4. The Morgan fingerprint density at radius 1 is 1.18 bits per heavy atom. The normalized spacial score (nSPS) is 10.2. The molecule has 0 amide bonds. The standard InChI is InChI=1S/C16H14BrClO4/c1-10-7-11(17)8-14(18)16(10)22-15(19)9-21-13-5-3-12(20-2)4-6-13/h3-8H,9H2,1-2H3. The molecule has 116 valence electrons. The largest absolute Gasteiger partial charge is 0.497 e. The van der Waals surface area contributed by atoms with E-state index in [0.29, 0.717) is 22.3 Å². The number of esters is 1. The zero-order valence-electron chi connectivity index (χ0n) is 12.1. The summed E-state index contributed by atoms with van der Waals surface area (Å²) in [7, 11) is 1.58. The topological polar surface area (TPSA) is 44.8 Å². The van der Waals surface area contributed by atoms with Crippen LogP contribution in [0, 0.1) is 6.92 Å². The van der Waals surface area contributed by atoms with Crippen LogP contribution in [0.2, 0.25) is 5.02 Å². The van der Waals surface area contributed by atoms with Crippen LogP contribution in [0.1, 0.15) is 5.56 Å². The second-order valence-electron chi connectivity index (χ2n) is 4.47. The number of hydrogen-bond donors (Lipinski definition) is 0. The molecule has 0 unspecified atom stereocenters. The lowest BCUT2D eigenvalue weighted by atomic mass is 10.2. The Morgan fingerprint density at radius 3 is 2.41 bits per heavy atom. The molecule has 0 saturated heterocycles. The summed E-state index contributed by atoms with van der Waals surface area (Å²) >= 11 is 9.39. The van der Waals surface area contributed by atoms with Gasteiger partial charge in [0.05, 0.1) is 12.1 Å². The first-order valence-corrected chi connectivity index (χ1v) is 7.60. The number of methoxy groups -OCH3 is 1. The van der Waals surface area contributed by atoms with Crippen molar-refractivity contribution in [2.45, 2.75) is 6.92 Å². The maximum Gasteiger partial charge on any atom is 0.349 e. The van der Waals surface area contributed by atoms with Crippen LogP contribution in [0.5, 0.6) is 17.2 Å². The van der Waals surface area contributed by atoms with Crippen LogP contribution in [0.25, 0.3) is 0 Å². The van der Waals surface area contributed by atoms with Crippen LogP contribution in [0.3, 0.4) is 0 Å². The molecule has 0 radical (unpaired) electrons. The third kappa shape index (κ3) is 4.39. The van der Waals surface area contributed by atoms with Gasteiger partial charge in [-0.3, -0.25) is 0 Å². The maximum atomic E-state index is 11.9. The molecule has 0 fully saturated rings. The van der Waals surface area contributed by atoms with Crippen molar-refractivity contribution < 1.29 is 19.0 Å². The average Bonchev–Trinajstić information content (AvgIpc) is 2.49. The molecule has 0 aliphatic rings. The van der Waals surface area contributed by atoms with E-state index in [1.165, 1.54) is 0 Å². The number of hydrogen-bond acceptors (Lipinski definition) is 4. The molecule has 0 saturated carbocycles. The number of halogens is 2. The van der Waals surface area contributed by atoms with Gasteiger partial charge in [-0.05, 0) is 48.9 Å². The molecule has 0 spiro atoms. The first-order chi connectivity index (χ1) is 10.5. The Balaban J connectivity index is 1.95. The molecule has 0 atom stereocenters. The van der Waals surface area contributed by atoms with Gasteiger partial charge in [0.25, 0.3) is 0 Å². The van der Waals surface area contributed by atoms with Crippen molar-refractivity contribution in [3.8, 4) is 17.2 Å². The zero-order valence-corrected chi connectivity index (χ0v) is 14.4. The highest BCUT2D eigenvalue weighted by atomic mass is 79.9. The number of ether oxygens (including phenoxy) is 3. The molecular weight excluding hydrogens is 372 g/mol. The monoisotopic (exact) mass is 384 g/mol. The Labute approximate surface area is 142 Å². The van der Waals surface area contributed by atoms with E-state index in [4.69, 9.17) is 25.8 Å². The quantitative estimate of drug-likeness (QED) is 0.565. The average molecular weight is 386 g/mol. The second-order valence-corrected chi connectivity index (χ2v) is 5.79. The van der Waals surface area contributed by atoms with E-state index in [1.807, 2.05) is 13.0 Å². The van der Waals surface area contributed by atoms with E-state index < -0.39 is 5.97 Å². The molecule has 0 aliphatic carbocycles. The van der Waals surface area contributed by atoms with E-state index in [1.54, 1.807) is 37.4 Å². The Bertz CT molecular complexity index is 647. The SMILES string of the molecule is COc1ccc(OCC(=O)Oc2c(C)cc(Br)cc2Cl)cc1. The van der Waals surface area contributed by atoms with Crippen LogP contribution in [0.15, 0.2) is 40.9 Å². The van der Waals surface area contributed by atoms with Gasteiger partial charge in [-0.25, -0.2) is 4.79 Å². The lowest BCUT2D eigenvalue weighted by Gasteiger charge is -2.11. The molecule has 4 nitrogen and oxygen atoms in total. The minimum Gasteiger partial charge on any atom is -0.497 e. The maximum absolute atomic E-state index is 11.9. The fraction of sp³-hybridized carbons (Fsp3) is 0.188. The number of benzene rings is 2. The van der Waals surface area contributed by atoms with Gasteiger partial charge >= 0.3 is 5.97 Å². The number of rotatable bonds is 5. The van der Waals surface area contributed by atoms with Gasteiger partial charge in [0.2, 0.25) is 0 Å². The minimum absolute atomic E-state index is 0.210. The lowest BCUT2D eigenvalue weighted by molar-refractivity contribution is -0.136. The molecule has 0 N–H and O–H groups in total. The Hall–Kier alpha value is -1.72. The summed E-state index contributed by atoms with van der Waals surface area (Å²) in [5.74, 6) is 1.08. The van der Waals surface area contributed by atoms with Crippen molar-refractivity contribution in [2.75, 3.05) is 13.7 Å². The van der Waals surface area contributed by atoms with E-state index in [2.05, 4.69) is 15.9 Å². The summed E-state index contributed by atoms with van der Waals surface area (Å²) in [4.78, 5) is 11.9. The highest BCUT2D eigenvalue weighted by Gasteiger charge is 2.13.